The van der Waals surface area contributed by atoms with E-state index in [1.54, 1.807) is 23.9 Å². The predicted octanol–water partition coefficient (Wildman–Crippen LogP) is 0.611. The summed E-state index contributed by atoms with van der Waals surface area (Å²) in [6.07, 6.45) is 2.08. The van der Waals surface area contributed by atoms with Gasteiger partial charge in [0.15, 0.2) is 0 Å². The first kappa shape index (κ1) is 16.8. The lowest BCUT2D eigenvalue weighted by atomic mass is 9.95. The van der Waals surface area contributed by atoms with E-state index in [9.17, 15) is 9.59 Å². The highest BCUT2D eigenvalue weighted by Gasteiger charge is 2.29. The summed E-state index contributed by atoms with van der Waals surface area (Å²) in [5.41, 5.74) is 0. The molecule has 0 bridgehead atoms. The largest absolute Gasteiger partial charge is 0.396 e. The zero-order valence-corrected chi connectivity index (χ0v) is 12.8. The van der Waals surface area contributed by atoms with E-state index >= 15 is 0 Å². The van der Waals surface area contributed by atoms with Gasteiger partial charge in [-0.05, 0) is 26.2 Å². The van der Waals surface area contributed by atoms with Crippen LogP contribution in [-0.4, -0.2) is 78.6 Å². The Morgan fingerprint density at radius 3 is 2.30 bits per heavy atom. The van der Waals surface area contributed by atoms with E-state index in [4.69, 9.17) is 5.11 Å². The lowest BCUT2D eigenvalue weighted by molar-refractivity contribution is -0.136. The lowest BCUT2D eigenvalue weighted by Crippen LogP contribution is -2.47. The molecule has 6 heteroatoms. The maximum atomic E-state index is 12.4. The molecule has 0 radical (unpaired) electrons. The quantitative estimate of drug-likeness (QED) is 0.805. The van der Waals surface area contributed by atoms with Crippen molar-refractivity contribution < 1.29 is 14.7 Å². The molecule has 116 valence electrons. The Morgan fingerprint density at radius 2 is 1.85 bits per heavy atom. The maximum Gasteiger partial charge on any atom is 0.319 e. The van der Waals surface area contributed by atoms with E-state index < -0.39 is 0 Å². The molecular weight excluding hydrogens is 258 g/mol. The summed E-state index contributed by atoms with van der Waals surface area (Å²) in [6.45, 7) is 4.65. The van der Waals surface area contributed by atoms with Crippen molar-refractivity contribution in [3.05, 3.63) is 0 Å². The molecule has 0 aromatic carbocycles. The minimum absolute atomic E-state index is 0.0138. The Morgan fingerprint density at radius 1 is 1.25 bits per heavy atom. The van der Waals surface area contributed by atoms with Crippen LogP contribution in [0, 0.1) is 5.92 Å². The average Bonchev–Trinajstić information content (AvgIpc) is 2.47. The summed E-state index contributed by atoms with van der Waals surface area (Å²) in [5.74, 6) is 0.178. The van der Waals surface area contributed by atoms with Gasteiger partial charge in [-0.1, -0.05) is 0 Å². The summed E-state index contributed by atoms with van der Waals surface area (Å²) in [4.78, 5) is 29.4. The van der Waals surface area contributed by atoms with E-state index in [2.05, 4.69) is 0 Å². The Balaban J connectivity index is 2.47. The molecule has 1 aliphatic heterocycles. The standard InChI is InChI=1S/C14H27N3O3/c1-4-16(8-5-11-18)13(19)12-6-9-17(10-7-12)14(20)15(2)3/h12,18H,4-11H2,1-3H3. The van der Waals surface area contributed by atoms with Crippen molar-refractivity contribution in [2.75, 3.05) is 46.9 Å². The topological polar surface area (TPSA) is 64.1 Å². The molecule has 1 N–H and O–H groups in total. The number of carbonyl (C=O) groups is 2. The molecule has 0 aliphatic carbocycles. The monoisotopic (exact) mass is 285 g/mol. The van der Waals surface area contributed by atoms with Crippen LogP contribution in [0.4, 0.5) is 4.79 Å². The fourth-order valence-electron chi connectivity index (χ4n) is 2.54. The van der Waals surface area contributed by atoms with Crippen LogP contribution in [0.5, 0.6) is 0 Å². The van der Waals surface area contributed by atoms with E-state index in [1.165, 1.54) is 0 Å². The molecular formula is C14H27N3O3. The van der Waals surface area contributed by atoms with Gasteiger partial charge in [0.1, 0.15) is 0 Å². The number of aliphatic hydroxyl groups is 1. The van der Waals surface area contributed by atoms with Crippen molar-refractivity contribution in [3.8, 4) is 0 Å². The molecule has 0 aromatic heterocycles. The van der Waals surface area contributed by atoms with Crippen LogP contribution < -0.4 is 0 Å². The molecule has 0 atom stereocenters. The normalized spacial score (nSPS) is 16.1. The number of rotatable bonds is 5. The number of carbonyl (C=O) groups excluding carboxylic acids is 2. The molecule has 6 nitrogen and oxygen atoms in total. The summed E-state index contributed by atoms with van der Waals surface area (Å²) < 4.78 is 0. The van der Waals surface area contributed by atoms with E-state index in [0.29, 0.717) is 32.6 Å². The van der Waals surface area contributed by atoms with Crippen LogP contribution in [0.1, 0.15) is 26.2 Å². The van der Waals surface area contributed by atoms with Crippen LogP contribution in [0.25, 0.3) is 0 Å². The van der Waals surface area contributed by atoms with Gasteiger partial charge in [0, 0.05) is 52.8 Å². The Hall–Kier alpha value is -1.30. The Labute approximate surface area is 121 Å². The van der Waals surface area contributed by atoms with Gasteiger partial charge in [-0.25, -0.2) is 4.79 Å². The second-order valence-electron chi connectivity index (χ2n) is 5.43. The highest BCUT2D eigenvalue weighted by Crippen LogP contribution is 2.20. The van der Waals surface area contributed by atoms with E-state index in [0.717, 1.165) is 12.8 Å². The third-order valence-corrected chi connectivity index (χ3v) is 3.78. The molecule has 0 aromatic rings. The van der Waals surface area contributed by atoms with Crippen molar-refractivity contribution in [1.82, 2.24) is 14.7 Å². The highest BCUT2D eigenvalue weighted by molar-refractivity contribution is 5.79. The number of hydrogen-bond acceptors (Lipinski definition) is 3. The number of nitrogens with zero attached hydrogens (tertiary/aromatic N) is 3. The van der Waals surface area contributed by atoms with Crippen molar-refractivity contribution in [2.24, 2.45) is 5.92 Å². The molecule has 20 heavy (non-hydrogen) atoms. The lowest BCUT2D eigenvalue weighted by Gasteiger charge is -2.35. The van der Waals surface area contributed by atoms with Gasteiger partial charge >= 0.3 is 6.03 Å². The zero-order valence-electron chi connectivity index (χ0n) is 12.8. The minimum atomic E-state index is 0.0138. The summed E-state index contributed by atoms with van der Waals surface area (Å²) in [6, 6.07) is 0.0172. The molecule has 0 saturated carbocycles. The van der Waals surface area contributed by atoms with Gasteiger partial charge < -0.3 is 19.8 Å². The SMILES string of the molecule is CCN(CCCO)C(=O)C1CCN(C(=O)N(C)C)CC1. The van der Waals surface area contributed by atoms with Gasteiger partial charge in [0.25, 0.3) is 0 Å². The van der Waals surface area contributed by atoms with Gasteiger partial charge in [0.05, 0.1) is 0 Å². The molecule has 3 amide bonds. The molecule has 1 heterocycles. The number of piperidine rings is 1. The maximum absolute atomic E-state index is 12.4. The second kappa shape index (κ2) is 8.09. The average molecular weight is 285 g/mol. The third-order valence-electron chi connectivity index (χ3n) is 3.78. The fourth-order valence-corrected chi connectivity index (χ4v) is 2.54. The summed E-state index contributed by atoms with van der Waals surface area (Å²) in [7, 11) is 3.49. The van der Waals surface area contributed by atoms with Crippen molar-refractivity contribution in [3.63, 3.8) is 0 Å². The van der Waals surface area contributed by atoms with Crippen LogP contribution in [0.3, 0.4) is 0 Å². The number of likely N-dealkylation sites (tertiary alicyclic amines) is 1. The second-order valence-corrected chi connectivity index (χ2v) is 5.43. The van der Waals surface area contributed by atoms with Gasteiger partial charge in [-0.3, -0.25) is 4.79 Å². The predicted molar refractivity (Wildman–Crippen MR) is 77.3 cm³/mol. The summed E-state index contributed by atoms with van der Waals surface area (Å²) >= 11 is 0. The van der Waals surface area contributed by atoms with Crippen molar-refractivity contribution >= 4 is 11.9 Å². The summed E-state index contributed by atoms with van der Waals surface area (Å²) in [5, 5.41) is 8.86. The Kier molecular flexibility index (Phi) is 6.78. The molecule has 1 aliphatic rings. The first-order valence-electron chi connectivity index (χ1n) is 7.37. The molecule has 1 saturated heterocycles. The minimum Gasteiger partial charge on any atom is -0.396 e. The van der Waals surface area contributed by atoms with Gasteiger partial charge in [0.2, 0.25) is 5.91 Å². The number of amides is 3. The zero-order chi connectivity index (χ0) is 15.1. The number of urea groups is 1. The fraction of sp³-hybridized carbons (Fsp3) is 0.857. The van der Waals surface area contributed by atoms with Crippen LogP contribution in [0.2, 0.25) is 0 Å². The molecule has 1 rings (SSSR count). The van der Waals surface area contributed by atoms with E-state index in [1.807, 2.05) is 11.8 Å². The number of hydrogen-bond donors (Lipinski definition) is 1. The van der Waals surface area contributed by atoms with Gasteiger partial charge in [-0.15, -0.1) is 0 Å². The van der Waals surface area contributed by atoms with Crippen LogP contribution in [-0.2, 0) is 4.79 Å². The van der Waals surface area contributed by atoms with Crippen LogP contribution >= 0.6 is 0 Å². The van der Waals surface area contributed by atoms with Crippen LogP contribution in [0.15, 0.2) is 0 Å². The number of aliphatic hydroxyl groups excluding tert-OH is 1. The first-order valence-corrected chi connectivity index (χ1v) is 7.37. The highest BCUT2D eigenvalue weighted by atomic mass is 16.3. The van der Waals surface area contributed by atoms with Crippen molar-refractivity contribution in [2.45, 2.75) is 26.2 Å². The molecule has 1 fully saturated rings. The van der Waals surface area contributed by atoms with Crippen molar-refractivity contribution in [1.29, 1.82) is 0 Å². The van der Waals surface area contributed by atoms with Gasteiger partial charge in [-0.2, -0.15) is 0 Å². The molecule has 0 spiro atoms. The van der Waals surface area contributed by atoms with E-state index in [-0.39, 0.29) is 24.5 Å². The molecule has 0 unspecified atom stereocenters. The first-order chi connectivity index (χ1) is 9.51. The third kappa shape index (κ3) is 4.37. The Bertz CT molecular complexity index is 326. The smallest absolute Gasteiger partial charge is 0.319 e.